The van der Waals surface area contributed by atoms with Gasteiger partial charge >= 0.3 is 0 Å². The Kier molecular flexibility index (Phi) is 3.90. The van der Waals surface area contributed by atoms with Crippen LogP contribution in [0.1, 0.15) is 15.9 Å². The summed E-state index contributed by atoms with van der Waals surface area (Å²) in [5.41, 5.74) is 8.85. The summed E-state index contributed by atoms with van der Waals surface area (Å²) in [6, 6.07) is 13.0. The molecule has 0 fully saturated rings. The topological polar surface area (TPSA) is 46.3 Å². The van der Waals surface area contributed by atoms with Gasteiger partial charge in [0.2, 0.25) is 0 Å². The molecule has 0 saturated heterocycles. The molecule has 0 unspecified atom stereocenters. The van der Waals surface area contributed by atoms with Crippen molar-refractivity contribution in [3.63, 3.8) is 0 Å². The average molecular weight is 319 g/mol. The van der Waals surface area contributed by atoms with E-state index in [0.29, 0.717) is 11.3 Å². The first-order valence-corrected chi connectivity index (χ1v) is 6.68. The SMILES string of the molecule is Cc1ccccc1N(C)C(=O)c1cc(N)cc(Br)c1. The van der Waals surface area contributed by atoms with Crippen LogP contribution in [0.15, 0.2) is 46.9 Å². The minimum Gasteiger partial charge on any atom is -0.399 e. The van der Waals surface area contributed by atoms with Gasteiger partial charge in [0.25, 0.3) is 5.91 Å². The molecule has 0 atom stereocenters. The standard InChI is InChI=1S/C15H15BrN2O/c1-10-5-3-4-6-14(10)18(2)15(19)11-7-12(16)9-13(17)8-11/h3-9H,17H2,1-2H3. The number of hydrogen-bond acceptors (Lipinski definition) is 2. The predicted molar refractivity (Wildman–Crippen MR) is 82.5 cm³/mol. The second kappa shape index (κ2) is 5.45. The molecule has 0 spiro atoms. The molecule has 0 bridgehead atoms. The van der Waals surface area contributed by atoms with Gasteiger partial charge in [-0.3, -0.25) is 4.79 Å². The number of hydrogen-bond donors (Lipinski definition) is 1. The Morgan fingerprint density at radius 1 is 1.21 bits per heavy atom. The smallest absolute Gasteiger partial charge is 0.258 e. The quantitative estimate of drug-likeness (QED) is 0.860. The van der Waals surface area contributed by atoms with Crippen LogP contribution in [0.4, 0.5) is 11.4 Å². The zero-order valence-corrected chi connectivity index (χ0v) is 12.4. The first-order chi connectivity index (χ1) is 8.99. The van der Waals surface area contributed by atoms with Gasteiger partial charge in [0.15, 0.2) is 0 Å². The molecule has 0 saturated carbocycles. The van der Waals surface area contributed by atoms with E-state index in [1.807, 2.05) is 31.2 Å². The Hall–Kier alpha value is -1.81. The summed E-state index contributed by atoms with van der Waals surface area (Å²) < 4.78 is 0.800. The number of para-hydroxylation sites is 1. The van der Waals surface area contributed by atoms with Crippen LogP contribution in [-0.2, 0) is 0 Å². The predicted octanol–water partition coefficient (Wildman–Crippen LogP) is 3.62. The highest BCUT2D eigenvalue weighted by Gasteiger charge is 2.15. The summed E-state index contributed by atoms with van der Waals surface area (Å²) in [5.74, 6) is -0.0812. The Balaban J connectivity index is 2.36. The van der Waals surface area contributed by atoms with Gasteiger partial charge < -0.3 is 10.6 Å². The van der Waals surface area contributed by atoms with E-state index in [4.69, 9.17) is 5.73 Å². The summed E-state index contributed by atoms with van der Waals surface area (Å²) >= 11 is 3.35. The number of amides is 1. The lowest BCUT2D eigenvalue weighted by atomic mass is 10.1. The summed E-state index contributed by atoms with van der Waals surface area (Å²) in [5, 5.41) is 0. The number of nitrogens with zero attached hydrogens (tertiary/aromatic N) is 1. The first-order valence-electron chi connectivity index (χ1n) is 5.89. The summed E-state index contributed by atoms with van der Waals surface area (Å²) in [6.45, 7) is 1.98. The van der Waals surface area contributed by atoms with Crippen LogP contribution in [0.5, 0.6) is 0 Å². The first kappa shape index (κ1) is 13.6. The van der Waals surface area contributed by atoms with E-state index >= 15 is 0 Å². The molecular weight excluding hydrogens is 304 g/mol. The van der Waals surface area contributed by atoms with Gasteiger partial charge in [-0.1, -0.05) is 34.1 Å². The number of nitrogen functional groups attached to an aromatic ring is 1. The molecule has 0 aliphatic carbocycles. The number of carbonyl (C=O) groups excluding carboxylic acids is 1. The molecule has 4 heteroatoms. The molecule has 2 aromatic carbocycles. The third-order valence-corrected chi connectivity index (χ3v) is 3.41. The number of aryl methyl sites for hydroxylation is 1. The van der Waals surface area contributed by atoms with Crippen molar-refractivity contribution < 1.29 is 4.79 Å². The highest BCUT2D eigenvalue weighted by Crippen LogP contribution is 2.23. The van der Waals surface area contributed by atoms with Crippen molar-refractivity contribution in [1.29, 1.82) is 0 Å². The molecule has 0 heterocycles. The van der Waals surface area contributed by atoms with Crippen LogP contribution in [0.3, 0.4) is 0 Å². The van der Waals surface area contributed by atoms with Gasteiger partial charge in [-0.2, -0.15) is 0 Å². The van der Waals surface area contributed by atoms with Crippen LogP contribution < -0.4 is 10.6 Å². The van der Waals surface area contributed by atoms with E-state index in [0.717, 1.165) is 15.7 Å². The number of benzene rings is 2. The van der Waals surface area contributed by atoms with Crippen LogP contribution in [0.2, 0.25) is 0 Å². The molecule has 0 radical (unpaired) electrons. The zero-order chi connectivity index (χ0) is 14.0. The van der Waals surface area contributed by atoms with E-state index in [9.17, 15) is 4.79 Å². The van der Waals surface area contributed by atoms with Crippen LogP contribution in [-0.4, -0.2) is 13.0 Å². The molecule has 0 aliphatic rings. The number of nitrogens with two attached hydrogens (primary N) is 1. The molecule has 0 aliphatic heterocycles. The van der Waals surface area contributed by atoms with Crippen LogP contribution in [0.25, 0.3) is 0 Å². The monoisotopic (exact) mass is 318 g/mol. The molecule has 98 valence electrons. The zero-order valence-electron chi connectivity index (χ0n) is 10.9. The number of anilines is 2. The van der Waals surface area contributed by atoms with Gasteiger partial charge in [-0.25, -0.2) is 0 Å². The summed E-state index contributed by atoms with van der Waals surface area (Å²) in [4.78, 5) is 14.1. The maximum atomic E-state index is 12.5. The van der Waals surface area contributed by atoms with Crippen molar-refractivity contribution in [3.8, 4) is 0 Å². The van der Waals surface area contributed by atoms with Gasteiger partial charge in [0.1, 0.15) is 0 Å². The minimum absolute atomic E-state index is 0.0812. The van der Waals surface area contributed by atoms with Crippen molar-refractivity contribution in [2.75, 3.05) is 17.7 Å². The van der Waals surface area contributed by atoms with Gasteiger partial charge in [-0.05, 0) is 36.8 Å². The van der Waals surface area contributed by atoms with E-state index in [2.05, 4.69) is 15.9 Å². The number of carbonyl (C=O) groups is 1. The van der Waals surface area contributed by atoms with E-state index in [1.165, 1.54) is 0 Å². The summed E-state index contributed by atoms with van der Waals surface area (Å²) in [6.07, 6.45) is 0. The van der Waals surface area contributed by atoms with Crippen molar-refractivity contribution in [3.05, 3.63) is 58.1 Å². The Morgan fingerprint density at radius 2 is 1.89 bits per heavy atom. The van der Waals surface area contributed by atoms with E-state index in [-0.39, 0.29) is 5.91 Å². The van der Waals surface area contributed by atoms with Gasteiger partial charge in [-0.15, -0.1) is 0 Å². The molecule has 2 aromatic rings. The minimum atomic E-state index is -0.0812. The average Bonchev–Trinajstić information content (AvgIpc) is 2.36. The molecule has 1 amide bonds. The van der Waals surface area contributed by atoms with Crippen molar-refractivity contribution in [2.24, 2.45) is 0 Å². The second-order valence-electron chi connectivity index (χ2n) is 4.42. The fourth-order valence-electron chi connectivity index (χ4n) is 1.98. The van der Waals surface area contributed by atoms with E-state index in [1.54, 1.807) is 30.1 Å². The normalized spacial score (nSPS) is 10.3. The fraction of sp³-hybridized carbons (Fsp3) is 0.133. The lowest BCUT2D eigenvalue weighted by Crippen LogP contribution is -2.27. The molecule has 19 heavy (non-hydrogen) atoms. The van der Waals surface area contributed by atoms with E-state index < -0.39 is 0 Å². The van der Waals surface area contributed by atoms with Crippen molar-refractivity contribution in [2.45, 2.75) is 6.92 Å². The molecule has 2 rings (SSSR count). The third kappa shape index (κ3) is 2.96. The Morgan fingerprint density at radius 3 is 2.53 bits per heavy atom. The van der Waals surface area contributed by atoms with Crippen molar-refractivity contribution >= 4 is 33.2 Å². The Bertz CT molecular complexity index is 605. The molecule has 3 nitrogen and oxygen atoms in total. The Labute approximate surface area is 121 Å². The lowest BCUT2D eigenvalue weighted by molar-refractivity contribution is 0.0993. The van der Waals surface area contributed by atoms with Crippen molar-refractivity contribution in [1.82, 2.24) is 0 Å². The fourth-order valence-corrected chi connectivity index (χ4v) is 2.49. The van der Waals surface area contributed by atoms with Crippen LogP contribution in [0, 0.1) is 6.92 Å². The van der Waals surface area contributed by atoms with Gasteiger partial charge in [0.05, 0.1) is 0 Å². The third-order valence-electron chi connectivity index (χ3n) is 2.95. The summed E-state index contributed by atoms with van der Waals surface area (Å²) in [7, 11) is 1.77. The second-order valence-corrected chi connectivity index (χ2v) is 5.34. The molecular formula is C15H15BrN2O. The molecule has 2 N–H and O–H groups in total. The largest absolute Gasteiger partial charge is 0.399 e. The molecule has 0 aromatic heterocycles. The van der Waals surface area contributed by atoms with Gasteiger partial charge in [0, 0.05) is 28.5 Å². The maximum Gasteiger partial charge on any atom is 0.258 e. The highest BCUT2D eigenvalue weighted by molar-refractivity contribution is 9.10. The number of rotatable bonds is 2. The lowest BCUT2D eigenvalue weighted by Gasteiger charge is -2.19. The number of halogens is 1. The highest BCUT2D eigenvalue weighted by atomic mass is 79.9. The maximum absolute atomic E-state index is 12.5. The van der Waals surface area contributed by atoms with Crippen LogP contribution >= 0.6 is 15.9 Å².